The van der Waals surface area contributed by atoms with Crippen LogP contribution in [-0.4, -0.2) is 5.90 Å². The third-order valence-electron chi connectivity index (χ3n) is 2.87. The monoisotopic (exact) mass is 265 g/mol. The molecule has 102 valence electrons. The summed E-state index contributed by atoms with van der Waals surface area (Å²) < 4.78 is 5.82. The fraction of sp³-hybridized carbons (Fsp3) is 0.167. The Bertz CT molecular complexity index is 621. The molecule has 2 rings (SSSR count). The van der Waals surface area contributed by atoms with Crippen LogP contribution in [0.15, 0.2) is 65.7 Å². The molecule has 0 aliphatic carbocycles. The number of aliphatic imine (C=N–C) groups is 1. The highest BCUT2D eigenvalue weighted by molar-refractivity contribution is 5.95. The van der Waals surface area contributed by atoms with Crippen LogP contribution < -0.4 is 4.74 Å². The van der Waals surface area contributed by atoms with Gasteiger partial charge in [-0.2, -0.15) is 0 Å². The lowest BCUT2D eigenvalue weighted by molar-refractivity contribution is 0.551. The van der Waals surface area contributed by atoms with Crippen LogP contribution in [0.2, 0.25) is 0 Å². The first-order chi connectivity index (χ1) is 9.54. The summed E-state index contributed by atoms with van der Waals surface area (Å²) in [5, 5.41) is 0. The van der Waals surface area contributed by atoms with Gasteiger partial charge in [0, 0.05) is 5.57 Å². The predicted octanol–water partition coefficient (Wildman–Crippen LogP) is 4.99. The van der Waals surface area contributed by atoms with Gasteiger partial charge in [-0.1, -0.05) is 42.0 Å². The van der Waals surface area contributed by atoms with Gasteiger partial charge in [0.2, 0.25) is 5.90 Å². The van der Waals surface area contributed by atoms with Crippen LogP contribution in [0.25, 0.3) is 0 Å². The van der Waals surface area contributed by atoms with E-state index in [1.807, 2.05) is 62.4 Å². The van der Waals surface area contributed by atoms with Crippen LogP contribution in [0.1, 0.15) is 18.1 Å². The molecule has 0 bridgehead atoms. The van der Waals surface area contributed by atoms with Crippen molar-refractivity contribution in [2.75, 3.05) is 0 Å². The van der Waals surface area contributed by atoms with Crippen molar-refractivity contribution in [2.45, 2.75) is 20.8 Å². The summed E-state index contributed by atoms with van der Waals surface area (Å²) in [6.07, 6.45) is 0. The smallest absolute Gasteiger partial charge is 0.222 e. The number of hydrogen-bond donors (Lipinski definition) is 0. The van der Waals surface area contributed by atoms with E-state index in [4.69, 9.17) is 4.74 Å². The van der Waals surface area contributed by atoms with Crippen LogP contribution in [0.4, 0.5) is 5.69 Å². The lowest BCUT2D eigenvalue weighted by Crippen LogP contribution is -2.09. The summed E-state index contributed by atoms with van der Waals surface area (Å²) in [6, 6.07) is 15.9. The minimum atomic E-state index is 0.540. The molecule has 2 heteroatoms. The second-order valence-electron chi connectivity index (χ2n) is 4.95. The molecule has 0 N–H and O–H groups in total. The molecule has 0 aromatic heterocycles. The number of benzene rings is 2. The highest BCUT2D eigenvalue weighted by Gasteiger charge is 2.04. The van der Waals surface area contributed by atoms with Crippen LogP contribution in [0.5, 0.6) is 5.75 Å². The Morgan fingerprint density at radius 1 is 0.900 bits per heavy atom. The first-order valence-corrected chi connectivity index (χ1v) is 6.60. The highest BCUT2D eigenvalue weighted by Crippen LogP contribution is 2.18. The van der Waals surface area contributed by atoms with Crippen molar-refractivity contribution >= 4 is 11.6 Å². The molecule has 0 amide bonds. The van der Waals surface area contributed by atoms with E-state index in [9.17, 15) is 0 Å². The first-order valence-electron chi connectivity index (χ1n) is 6.60. The molecule has 2 aromatic carbocycles. The molecule has 0 saturated carbocycles. The van der Waals surface area contributed by atoms with Gasteiger partial charge >= 0.3 is 0 Å². The fourth-order valence-electron chi connectivity index (χ4n) is 1.66. The standard InChI is InChI=1S/C18H19NO/c1-13(2)18(19-16-9-5-14(3)6-10-16)20-17-11-7-15(4)8-12-17/h5-12H,1H2,2-4H3. The van der Waals surface area contributed by atoms with Crippen molar-refractivity contribution in [1.29, 1.82) is 0 Å². The average Bonchev–Trinajstić information content (AvgIpc) is 2.42. The van der Waals surface area contributed by atoms with Gasteiger partial charge in [0.05, 0.1) is 5.69 Å². The Hall–Kier alpha value is -2.35. The Kier molecular flexibility index (Phi) is 4.36. The molecule has 20 heavy (non-hydrogen) atoms. The largest absolute Gasteiger partial charge is 0.439 e. The van der Waals surface area contributed by atoms with Gasteiger partial charge in [0.1, 0.15) is 5.75 Å². The Morgan fingerprint density at radius 2 is 1.40 bits per heavy atom. The maximum absolute atomic E-state index is 5.82. The third kappa shape index (κ3) is 3.82. The summed E-state index contributed by atoms with van der Waals surface area (Å²) in [5.41, 5.74) is 4.07. The molecule has 2 nitrogen and oxygen atoms in total. The second kappa shape index (κ2) is 6.20. The molecule has 0 saturated heterocycles. The van der Waals surface area contributed by atoms with Gasteiger partial charge < -0.3 is 4.74 Å². The van der Waals surface area contributed by atoms with E-state index in [1.165, 1.54) is 11.1 Å². The number of aryl methyl sites for hydroxylation is 2. The van der Waals surface area contributed by atoms with Gasteiger partial charge in [-0.3, -0.25) is 0 Å². The molecule has 0 aliphatic rings. The zero-order chi connectivity index (χ0) is 14.5. The molecular formula is C18H19NO. The van der Waals surface area contributed by atoms with E-state index >= 15 is 0 Å². The van der Waals surface area contributed by atoms with E-state index in [0.717, 1.165) is 17.0 Å². The van der Waals surface area contributed by atoms with Crippen molar-refractivity contribution in [2.24, 2.45) is 4.99 Å². The molecule has 0 heterocycles. The molecule has 0 spiro atoms. The van der Waals surface area contributed by atoms with E-state index in [-0.39, 0.29) is 0 Å². The number of nitrogens with zero attached hydrogens (tertiary/aromatic N) is 1. The predicted molar refractivity (Wildman–Crippen MR) is 84.9 cm³/mol. The molecular weight excluding hydrogens is 246 g/mol. The van der Waals surface area contributed by atoms with E-state index in [0.29, 0.717) is 5.90 Å². The molecule has 2 aromatic rings. The van der Waals surface area contributed by atoms with E-state index in [2.05, 4.69) is 18.5 Å². The molecule has 0 fully saturated rings. The molecule has 0 radical (unpaired) electrons. The van der Waals surface area contributed by atoms with Crippen molar-refractivity contribution < 1.29 is 4.74 Å². The van der Waals surface area contributed by atoms with Crippen LogP contribution >= 0.6 is 0 Å². The van der Waals surface area contributed by atoms with E-state index < -0.39 is 0 Å². The topological polar surface area (TPSA) is 21.6 Å². The van der Waals surface area contributed by atoms with Crippen molar-refractivity contribution in [1.82, 2.24) is 0 Å². The molecule has 0 unspecified atom stereocenters. The maximum atomic E-state index is 5.82. The quantitative estimate of drug-likeness (QED) is 0.566. The highest BCUT2D eigenvalue weighted by atomic mass is 16.5. The lowest BCUT2D eigenvalue weighted by atomic mass is 10.2. The zero-order valence-electron chi connectivity index (χ0n) is 12.2. The summed E-state index contributed by atoms with van der Waals surface area (Å²) in [4.78, 5) is 4.51. The molecule has 0 aliphatic heterocycles. The van der Waals surface area contributed by atoms with Gasteiger partial charge in [-0.05, 0) is 45.0 Å². The van der Waals surface area contributed by atoms with Gasteiger partial charge in [-0.25, -0.2) is 4.99 Å². The molecule has 0 atom stereocenters. The van der Waals surface area contributed by atoms with E-state index in [1.54, 1.807) is 0 Å². The van der Waals surface area contributed by atoms with Gasteiger partial charge in [0.25, 0.3) is 0 Å². The summed E-state index contributed by atoms with van der Waals surface area (Å²) in [5.74, 6) is 1.31. The Balaban J connectivity index is 2.25. The van der Waals surface area contributed by atoms with Crippen molar-refractivity contribution in [3.63, 3.8) is 0 Å². The average molecular weight is 265 g/mol. The first kappa shape index (κ1) is 14.1. The Morgan fingerprint density at radius 3 is 1.90 bits per heavy atom. The minimum Gasteiger partial charge on any atom is -0.439 e. The lowest BCUT2D eigenvalue weighted by Gasteiger charge is -2.09. The summed E-state index contributed by atoms with van der Waals surface area (Å²) in [7, 11) is 0. The summed E-state index contributed by atoms with van der Waals surface area (Å²) in [6.45, 7) is 9.91. The van der Waals surface area contributed by atoms with Gasteiger partial charge in [-0.15, -0.1) is 0 Å². The second-order valence-corrected chi connectivity index (χ2v) is 4.95. The maximum Gasteiger partial charge on any atom is 0.222 e. The number of hydrogen-bond acceptors (Lipinski definition) is 2. The van der Waals surface area contributed by atoms with Gasteiger partial charge in [0.15, 0.2) is 0 Å². The summed E-state index contributed by atoms with van der Waals surface area (Å²) >= 11 is 0. The Labute approximate surface area is 120 Å². The van der Waals surface area contributed by atoms with Crippen molar-refractivity contribution in [3.05, 3.63) is 71.8 Å². The third-order valence-corrected chi connectivity index (χ3v) is 2.87. The van der Waals surface area contributed by atoms with Crippen LogP contribution in [0, 0.1) is 13.8 Å². The van der Waals surface area contributed by atoms with Crippen LogP contribution in [0.3, 0.4) is 0 Å². The van der Waals surface area contributed by atoms with Crippen molar-refractivity contribution in [3.8, 4) is 5.75 Å². The zero-order valence-corrected chi connectivity index (χ0v) is 12.2. The SMILES string of the molecule is C=C(C)C(=Nc1ccc(C)cc1)Oc1ccc(C)cc1. The fourth-order valence-corrected chi connectivity index (χ4v) is 1.66. The number of ether oxygens (including phenoxy) is 1. The number of rotatable bonds is 3. The normalized spacial score (nSPS) is 11.2. The minimum absolute atomic E-state index is 0.540. The van der Waals surface area contributed by atoms with Crippen LogP contribution in [-0.2, 0) is 0 Å².